The van der Waals surface area contributed by atoms with Gasteiger partial charge in [-0.1, -0.05) is 6.07 Å². The number of nitrogens with zero attached hydrogens (tertiary/aromatic N) is 2. The fourth-order valence-corrected chi connectivity index (χ4v) is 4.03. The van der Waals surface area contributed by atoms with Gasteiger partial charge in [0.15, 0.2) is 0 Å². The van der Waals surface area contributed by atoms with E-state index in [0.29, 0.717) is 31.9 Å². The average Bonchev–Trinajstić information content (AvgIpc) is 2.47. The van der Waals surface area contributed by atoms with Crippen molar-refractivity contribution in [2.45, 2.75) is 18.7 Å². The van der Waals surface area contributed by atoms with Gasteiger partial charge in [0, 0.05) is 33.1 Å². The summed E-state index contributed by atoms with van der Waals surface area (Å²) in [5, 5.41) is 0. The first-order chi connectivity index (χ1) is 9.86. The summed E-state index contributed by atoms with van der Waals surface area (Å²) in [6.07, 6.45) is 0. The molecule has 7 heteroatoms. The second-order valence-electron chi connectivity index (χ2n) is 5.06. The Morgan fingerprint density at radius 1 is 1.19 bits per heavy atom. The van der Waals surface area contributed by atoms with E-state index in [4.69, 9.17) is 4.74 Å². The molecule has 0 spiro atoms. The number of hydrogen-bond acceptors (Lipinski definition) is 4. The third-order valence-electron chi connectivity index (χ3n) is 3.62. The van der Waals surface area contributed by atoms with Crippen LogP contribution in [0.15, 0.2) is 23.1 Å². The van der Waals surface area contributed by atoms with Crippen molar-refractivity contribution in [3.05, 3.63) is 23.8 Å². The fourth-order valence-electron chi connectivity index (χ4n) is 2.37. The summed E-state index contributed by atoms with van der Waals surface area (Å²) in [5.41, 5.74) is 0.858. The molecule has 1 aliphatic heterocycles. The number of rotatable bonds is 3. The average molecular weight is 312 g/mol. The summed E-state index contributed by atoms with van der Waals surface area (Å²) in [6.45, 7) is 4.78. The number of ether oxygens (including phenoxy) is 1. The van der Waals surface area contributed by atoms with Crippen LogP contribution in [-0.2, 0) is 14.8 Å². The highest BCUT2D eigenvalue weighted by atomic mass is 32.2. The minimum atomic E-state index is -3.61. The van der Waals surface area contributed by atoms with Crippen LogP contribution in [0.3, 0.4) is 0 Å². The van der Waals surface area contributed by atoms with E-state index in [9.17, 15) is 13.2 Å². The molecule has 116 valence electrons. The standard InChI is InChI=1S/C14H20N2O4S/c1-11-4-5-13(20-3)14(10-11)21(18,19)16-8-6-15(7-9-16)12(2)17/h4-5,10H,6-9H2,1-3H3. The molecular formula is C14H20N2O4S. The summed E-state index contributed by atoms with van der Waals surface area (Å²) in [5.74, 6) is 0.315. The van der Waals surface area contributed by atoms with Gasteiger partial charge in [0.25, 0.3) is 0 Å². The molecule has 1 heterocycles. The molecule has 0 aromatic heterocycles. The molecule has 0 saturated carbocycles. The highest BCUT2D eigenvalue weighted by Crippen LogP contribution is 2.28. The highest BCUT2D eigenvalue weighted by Gasteiger charge is 2.31. The lowest BCUT2D eigenvalue weighted by atomic mass is 10.2. The predicted octanol–water partition coefficient (Wildman–Crippen LogP) is 0.856. The zero-order chi connectivity index (χ0) is 15.6. The van der Waals surface area contributed by atoms with Gasteiger partial charge in [0.1, 0.15) is 10.6 Å². The molecular weight excluding hydrogens is 292 g/mol. The number of aryl methyl sites for hydroxylation is 1. The van der Waals surface area contributed by atoms with E-state index < -0.39 is 10.0 Å². The number of methoxy groups -OCH3 is 1. The number of sulfonamides is 1. The maximum atomic E-state index is 12.7. The van der Waals surface area contributed by atoms with Crippen LogP contribution in [-0.4, -0.2) is 56.8 Å². The van der Waals surface area contributed by atoms with Crippen LogP contribution >= 0.6 is 0 Å². The Balaban J connectivity index is 2.27. The van der Waals surface area contributed by atoms with Gasteiger partial charge in [0.05, 0.1) is 7.11 Å². The van der Waals surface area contributed by atoms with Crippen LogP contribution in [0, 0.1) is 6.92 Å². The second-order valence-corrected chi connectivity index (χ2v) is 6.97. The van der Waals surface area contributed by atoms with Gasteiger partial charge in [-0.15, -0.1) is 0 Å². The van der Waals surface area contributed by atoms with Crippen LogP contribution in [0.4, 0.5) is 0 Å². The van der Waals surface area contributed by atoms with E-state index >= 15 is 0 Å². The predicted molar refractivity (Wildman–Crippen MR) is 78.7 cm³/mol. The minimum absolute atomic E-state index is 0.0276. The van der Waals surface area contributed by atoms with Crippen molar-refractivity contribution in [1.29, 1.82) is 0 Å². The Morgan fingerprint density at radius 3 is 2.33 bits per heavy atom. The van der Waals surface area contributed by atoms with E-state index in [0.717, 1.165) is 5.56 Å². The molecule has 0 unspecified atom stereocenters. The van der Waals surface area contributed by atoms with Crippen LogP contribution in [0.25, 0.3) is 0 Å². The molecule has 1 amide bonds. The Bertz CT molecular complexity index is 634. The second kappa shape index (κ2) is 6.03. The van der Waals surface area contributed by atoms with Crippen molar-refractivity contribution in [3.8, 4) is 5.75 Å². The highest BCUT2D eigenvalue weighted by molar-refractivity contribution is 7.89. The molecule has 0 radical (unpaired) electrons. The number of carbonyl (C=O) groups is 1. The number of carbonyl (C=O) groups excluding carboxylic acids is 1. The van der Waals surface area contributed by atoms with Gasteiger partial charge < -0.3 is 9.64 Å². The first-order valence-corrected chi connectivity index (χ1v) is 8.20. The Morgan fingerprint density at radius 2 is 1.81 bits per heavy atom. The summed E-state index contributed by atoms with van der Waals surface area (Å²) < 4.78 is 32.0. The van der Waals surface area contributed by atoms with E-state index in [1.165, 1.54) is 18.3 Å². The van der Waals surface area contributed by atoms with Crippen molar-refractivity contribution >= 4 is 15.9 Å². The molecule has 0 atom stereocenters. The zero-order valence-electron chi connectivity index (χ0n) is 12.5. The van der Waals surface area contributed by atoms with E-state index in [2.05, 4.69) is 0 Å². The Kier molecular flexibility index (Phi) is 4.53. The van der Waals surface area contributed by atoms with Crippen molar-refractivity contribution < 1.29 is 17.9 Å². The summed E-state index contributed by atoms with van der Waals surface area (Å²) in [6, 6.07) is 5.09. The van der Waals surface area contributed by atoms with Gasteiger partial charge >= 0.3 is 0 Å². The lowest BCUT2D eigenvalue weighted by Crippen LogP contribution is -2.49. The topological polar surface area (TPSA) is 66.9 Å². The molecule has 1 aliphatic rings. The summed E-state index contributed by atoms with van der Waals surface area (Å²) in [7, 11) is -2.15. The minimum Gasteiger partial charge on any atom is -0.495 e. The van der Waals surface area contributed by atoms with Gasteiger partial charge in [0.2, 0.25) is 15.9 Å². The Labute approximate surface area is 125 Å². The first kappa shape index (κ1) is 15.8. The Hall–Kier alpha value is -1.60. The van der Waals surface area contributed by atoms with Crippen LogP contribution in [0.1, 0.15) is 12.5 Å². The van der Waals surface area contributed by atoms with Crippen molar-refractivity contribution in [2.24, 2.45) is 0 Å². The SMILES string of the molecule is COc1ccc(C)cc1S(=O)(=O)N1CCN(C(C)=O)CC1. The quantitative estimate of drug-likeness (QED) is 0.830. The lowest BCUT2D eigenvalue weighted by molar-refractivity contribution is -0.129. The molecule has 1 fully saturated rings. The molecule has 1 saturated heterocycles. The monoisotopic (exact) mass is 312 g/mol. The first-order valence-electron chi connectivity index (χ1n) is 6.76. The number of piperazine rings is 1. The number of hydrogen-bond donors (Lipinski definition) is 0. The zero-order valence-corrected chi connectivity index (χ0v) is 13.3. The molecule has 1 aromatic carbocycles. The van der Waals surface area contributed by atoms with Crippen molar-refractivity contribution in [1.82, 2.24) is 9.21 Å². The fraction of sp³-hybridized carbons (Fsp3) is 0.500. The largest absolute Gasteiger partial charge is 0.495 e. The molecule has 0 N–H and O–H groups in total. The third-order valence-corrected chi connectivity index (χ3v) is 5.54. The molecule has 2 rings (SSSR count). The van der Waals surface area contributed by atoms with Gasteiger partial charge in [-0.25, -0.2) is 8.42 Å². The number of amides is 1. The lowest BCUT2D eigenvalue weighted by Gasteiger charge is -2.33. The van der Waals surface area contributed by atoms with E-state index in [-0.39, 0.29) is 10.8 Å². The molecule has 1 aromatic rings. The van der Waals surface area contributed by atoms with Crippen LogP contribution in [0.5, 0.6) is 5.75 Å². The van der Waals surface area contributed by atoms with Gasteiger partial charge in [-0.05, 0) is 24.6 Å². The molecule has 0 aliphatic carbocycles. The van der Waals surface area contributed by atoms with E-state index in [1.54, 1.807) is 17.0 Å². The number of benzene rings is 1. The van der Waals surface area contributed by atoms with Gasteiger partial charge in [-0.2, -0.15) is 4.31 Å². The maximum absolute atomic E-state index is 12.7. The van der Waals surface area contributed by atoms with Crippen LogP contribution < -0.4 is 4.74 Å². The summed E-state index contributed by atoms with van der Waals surface area (Å²) in [4.78, 5) is 13.1. The third kappa shape index (κ3) is 3.19. The van der Waals surface area contributed by atoms with E-state index in [1.807, 2.05) is 13.0 Å². The van der Waals surface area contributed by atoms with Crippen LogP contribution in [0.2, 0.25) is 0 Å². The maximum Gasteiger partial charge on any atom is 0.246 e. The summed E-state index contributed by atoms with van der Waals surface area (Å²) >= 11 is 0. The molecule has 6 nitrogen and oxygen atoms in total. The molecule has 21 heavy (non-hydrogen) atoms. The van der Waals surface area contributed by atoms with Crippen molar-refractivity contribution in [3.63, 3.8) is 0 Å². The van der Waals surface area contributed by atoms with Crippen molar-refractivity contribution in [2.75, 3.05) is 33.3 Å². The smallest absolute Gasteiger partial charge is 0.246 e. The molecule has 0 bridgehead atoms. The normalized spacial score (nSPS) is 16.8. The van der Waals surface area contributed by atoms with Gasteiger partial charge in [-0.3, -0.25) is 4.79 Å².